The molecule has 9 heteroatoms. The molecule has 1 aromatic carbocycles. The van der Waals surface area contributed by atoms with Gasteiger partial charge < -0.3 is 19.2 Å². The average molecular weight is 422 g/mol. The van der Waals surface area contributed by atoms with Crippen LogP contribution >= 0.6 is 12.6 Å². The topological polar surface area (TPSA) is 84.5 Å². The lowest BCUT2D eigenvalue weighted by atomic mass is 10.0. The van der Waals surface area contributed by atoms with Crippen molar-refractivity contribution in [1.82, 2.24) is 5.32 Å². The Kier molecular flexibility index (Phi) is 6.15. The summed E-state index contributed by atoms with van der Waals surface area (Å²) in [6, 6.07) is 5.57. The van der Waals surface area contributed by atoms with Gasteiger partial charge in [-0.3, -0.25) is 4.79 Å². The van der Waals surface area contributed by atoms with Crippen molar-refractivity contribution in [2.45, 2.75) is 32.2 Å². The number of benzene rings is 1. The lowest BCUT2D eigenvalue weighted by Crippen LogP contribution is -2.53. The Balaban J connectivity index is 1.85. The van der Waals surface area contributed by atoms with E-state index in [1.54, 1.807) is 32.0 Å². The van der Waals surface area contributed by atoms with Crippen molar-refractivity contribution in [2.24, 2.45) is 0 Å². The van der Waals surface area contributed by atoms with Crippen LogP contribution in [0.3, 0.4) is 0 Å². The molecule has 2 heterocycles. The molecule has 6 nitrogen and oxygen atoms in total. The van der Waals surface area contributed by atoms with Crippen molar-refractivity contribution < 1.29 is 27.5 Å². The molecule has 154 valence electrons. The highest BCUT2D eigenvalue weighted by atomic mass is 32.1. The third-order valence-electron chi connectivity index (χ3n) is 4.70. The molecule has 1 amide bonds. The van der Waals surface area contributed by atoms with Crippen molar-refractivity contribution in [3.63, 3.8) is 0 Å². The van der Waals surface area contributed by atoms with Gasteiger partial charge in [0.1, 0.15) is 30.3 Å². The molecule has 1 fully saturated rings. The third-order valence-corrected chi connectivity index (χ3v) is 5.16. The molecule has 0 spiro atoms. The number of hydrogen-bond donors (Lipinski definition) is 2. The Morgan fingerprint density at radius 3 is 2.93 bits per heavy atom. The standard InChI is InChI=1S/C20H20F2N2O4S/c1-11(8-23)16(29)9-27-13-3-4-15-14(7-13)18(12(2)28-15)19(25)24-17-5-6-26-10-20(17,21)22/h3-4,7,17,29H,5-6,9-10H2,1-2H3,(H,24,25)/b16-11-. The van der Waals surface area contributed by atoms with Crippen LogP contribution in [0.25, 0.3) is 11.0 Å². The summed E-state index contributed by atoms with van der Waals surface area (Å²) in [5, 5.41) is 11.7. The van der Waals surface area contributed by atoms with Gasteiger partial charge in [-0.1, -0.05) is 0 Å². The first kappa shape index (κ1) is 21.1. The Hall–Kier alpha value is -2.57. The molecule has 0 aliphatic carbocycles. The Morgan fingerprint density at radius 2 is 2.24 bits per heavy atom. The monoisotopic (exact) mass is 422 g/mol. The first-order valence-corrected chi connectivity index (χ1v) is 9.39. The number of furan rings is 1. The van der Waals surface area contributed by atoms with Crippen LogP contribution in [0.2, 0.25) is 0 Å². The number of aryl methyl sites for hydroxylation is 1. The molecule has 0 saturated carbocycles. The van der Waals surface area contributed by atoms with Crippen LogP contribution in [0.4, 0.5) is 8.78 Å². The van der Waals surface area contributed by atoms with Gasteiger partial charge in [0.25, 0.3) is 11.8 Å². The zero-order valence-electron chi connectivity index (χ0n) is 15.9. The van der Waals surface area contributed by atoms with Gasteiger partial charge in [-0.05, 0) is 38.5 Å². The predicted octanol–water partition coefficient (Wildman–Crippen LogP) is 4.00. The largest absolute Gasteiger partial charge is 0.488 e. The smallest absolute Gasteiger partial charge is 0.290 e. The fraction of sp³-hybridized carbons (Fsp3) is 0.400. The summed E-state index contributed by atoms with van der Waals surface area (Å²) in [5.41, 5.74) is 1.06. The number of carbonyl (C=O) groups is 1. The number of nitriles is 1. The summed E-state index contributed by atoms with van der Waals surface area (Å²) < 4.78 is 44.0. The summed E-state index contributed by atoms with van der Waals surface area (Å²) in [6.07, 6.45) is 0.0250. The molecule has 1 N–H and O–H groups in total. The van der Waals surface area contributed by atoms with E-state index in [2.05, 4.69) is 17.9 Å². The van der Waals surface area contributed by atoms with Crippen LogP contribution in [0.5, 0.6) is 5.75 Å². The fourth-order valence-corrected chi connectivity index (χ4v) is 3.14. The van der Waals surface area contributed by atoms with E-state index in [4.69, 9.17) is 19.2 Å². The number of alkyl halides is 2. The highest BCUT2D eigenvalue weighted by Crippen LogP contribution is 2.31. The molecular weight excluding hydrogens is 402 g/mol. The molecule has 3 rings (SSSR count). The molecule has 1 aliphatic heterocycles. The number of hydrogen-bond acceptors (Lipinski definition) is 6. The first-order chi connectivity index (χ1) is 13.7. The molecule has 0 radical (unpaired) electrons. The van der Waals surface area contributed by atoms with Gasteiger partial charge in [-0.25, -0.2) is 8.78 Å². The zero-order valence-corrected chi connectivity index (χ0v) is 16.8. The normalized spacial score (nSPS) is 19.4. The Bertz CT molecular complexity index is 1010. The van der Waals surface area contributed by atoms with Crippen molar-refractivity contribution in [1.29, 1.82) is 5.26 Å². The van der Waals surface area contributed by atoms with E-state index in [-0.39, 0.29) is 25.2 Å². The van der Waals surface area contributed by atoms with Crippen LogP contribution < -0.4 is 10.1 Å². The lowest BCUT2D eigenvalue weighted by Gasteiger charge is -2.31. The minimum absolute atomic E-state index is 0.0250. The minimum atomic E-state index is -3.14. The van der Waals surface area contributed by atoms with Crippen molar-refractivity contribution in [3.05, 3.63) is 40.0 Å². The maximum atomic E-state index is 14.0. The van der Waals surface area contributed by atoms with E-state index in [1.165, 1.54) is 0 Å². The molecule has 2 aromatic rings. The number of carbonyl (C=O) groups excluding carboxylic acids is 1. The third kappa shape index (κ3) is 4.54. The second-order valence-electron chi connectivity index (χ2n) is 6.79. The number of amides is 1. The maximum Gasteiger partial charge on any atom is 0.290 e. The quantitative estimate of drug-likeness (QED) is 0.562. The van der Waals surface area contributed by atoms with Gasteiger partial charge in [-0.15, -0.1) is 12.6 Å². The van der Waals surface area contributed by atoms with Crippen LogP contribution in [0, 0.1) is 18.3 Å². The molecule has 0 bridgehead atoms. The summed E-state index contributed by atoms with van der Waals surface area (Å²) in [6.45, 7) is 2.75. The summed E-state index contributed by atoms with van der Waals surface area (Å²) >= 11 is 4.22. The zero-order chi connectivity index (χ0) is 21.2. The number of rotatable bonds is 5. The summed E-state index contributed by atoms with van der Waals surface area (Å²) in [5.74, 6) is -3.02. The number of allylic oxidation sites excluding steroid dienone is 1. The molecule has 1 saturated heterocycles. The number of ether oxygens (including phenoxy) is 2. The number of fused-ring (bicyclic) bond motifs is 1. The average Bonchev–Trinajstić information content (AvgIpc) is 3.01. The molecule has 1 aromatic heterocycles. The number of nitrogens with zero attached hydrogens (tertiary/aromatic N) is 1. The van der Waals surface area contributed by atoms with Gasteiger partial charge in [0, 0.05) is 22.5 Å². The van der Waals surface area contributed by atoms with Gasteiger partial charge in [0.2, 0.25) is 0 Å². The number of thiol groups is 1. The van der Waals surface area contributed by atoms with Crippen LogP contribution in [-0.4, -0.2) is 37.7 Å². The highest BCUT2D eigenvalue weighted by molar-refractivity contribution is 7.84. The summed E-state index contributed by atoms with van der Waals surface area (Å²) in [4.78, 5) is 13.2. The van der Waals surface area contributed by atoms with Gasteiger partial charge >= 0.3 is 0 Å². The van der Waals surface area contributed by atoms with Crippen molar-refractivity contribution in [2.75, 3.05) is 19.8 Å². The minimum Gasteiger partial charge on any atom is -0.488 e. The van der Waals surface area contributed by atoms with E-state index in [0.29, 0.717) is 33.0 Å². The molecular formula is C20H20F2N2O4S. The van der Waals surface area contributed by atoms with Crippen LogP contribution in [0.15, 0.2) is 33.1 Å². The Labute approximate surface area is 171 Å². The van der Waals surface area contributed by atoms with Gasteiger partial charge in [-0.2, -0.15) is 5.26 Å². The van der Waals surface area contributed by atoms with E-state index < -0.39 is 24.5 Å². The highest BCUT2D eigenvalue weighted by Gasteiger charge is 2.43. The first-order valence-electron chi connectivity index (χ1n) is 8.94. The van der Waals surface area contributed by atoms with E-state index in [9.17, 15) is 13.6 Å². The van der Waals surface area contributed by atoms with Gasteiger partial charge in [0.05, 0.1) is 17.7 Å². The van der Waals surface area contributed by atoms with Gasteiger partial charge in [0.15, 0.2) is 0 Å². The second kappa shape index (κ2) is 8.43. The number of halogens is 2. The fourth-order valence-electron chi connectivity index (χ4n) is 3.02. The van der Waals surface area contributed by atoms with E-state index in [0.717, 1.165) is 0 Å². The van der Waals surface area contributed by atoms with E-state index >= 15 is 0 Å². The lowest BCUT2D eigenvalue weighted by molar-refractivity contribution is -0.133. The molecule has 1 atom stereocenters. The van der Waals surface area contributed by atoms with E-state index in [1.807, 2.05) is 6.07 Å². The van der Waals surface area contributed by atoms with Crippen LogP contribution in [0.1, 0.15) is 29.5 Å². The maximum absolute atomic E-state index is 14.0. The molecule has 1 aliphatic rings. The van der Waals surface area contributed by atoms with Crippen molar-refractivity contribution >= 4 is 29.5 Å². The molecule has 1 unspecified atom stereocenters. The second-order valence-corrected chi connectivity index (χ2v) is 7.33. The predicted molar refractivity (Wildman–Crippen MR) is 105 cm³/mol. The van der Waals surface area contributed by atoms with Crippen LogP contribution in [-0.2, 0) is 4.74 Å². The molecule has 29 heavy (non-hydrogen) atoms. The number of nitrogens with one attached hydrogen (secondary N) is 1. The van der Waals surface area contributed by atoms with Crippen molar-refractivity contribution in [3.8, 4) is 11.8 Å². The SMILES string of the molecule is C/C(C#N)=C(/S)COc1ccc2oc(C)c(C(=O)NC3CCOCC3(F)F)c2c1. The Morgan fingerprint density at radius 1 is 1.48 bits per heavy atom. The summed E-state index contributed by atoms with van der Waals surface area (Å²) in [7, 11) is 0.